The maximum absolute atomic E-state index is 13.1. The van der Waals surface area contributed by atoms with Crippen LogP contribution < -0.4 is 10.1 Å². The Hall–Kier alpha value is -2.39. The molecular formula is C22H24BrFN4O2S. The summed E-state index contributed by atoms with van der Waals surface area (Å²) < 4.78 is 21.9. The van der Waals surface area contributed by atoms with Crippen molar-refractivity contribution in [1.82, 2.24) is 14.8 Å². The lowest BCUT2D eigenvalue weighted by atomic mass is 10.2. The molecular weight excluding hydrogens is 483 g/mol. The van der Waals surface area contributed by atoms with Gasteiger partial charge in [-0.15, -0.1) is 10.2 Å². The fourth-order valence-corrected chi connectivity index (χ4v) is 4.03. The largest absolute Gasteiger partial charge is 0.483 e. The highest BCUT2D eigenvalue weighted by Gasteiger charge is 2.21. The van der Waals surface area contributed by atoms with Crippen molar-refractivity contribution in [1.29, 1.82) is 0 Å². The maximum Gasteiger partial charge on any atom is 0.234 e. The Morgan fingerprint density at radius 3 is 2.55 bits per heavy atom. The molecule has 0 saturated carbocycles. The minimum absolute atomic E-state index is 0.131. The van der Waals surface area contributed by atoms with E-state index >= 15 is 0 Å². The Kier molecular flexibility index (Phi) is 8.09. The first-order valence-corrected chi connectivity index (χ1v) is 11.6. The van der Waals surface area contributed by atoms with Gasteiger partial charge in [0.2, 0.25) is 5.91 Å². The number of aromatic nitrogens is 3. The van der Waals surface area contributed by atoms with E-state index in [0.29, 0.717) is 29.2 Å². The molecule has 9 heteroatoms. The van der Waals surface area contributed by atoms with Crippen LogP contribution in [-0.2, 0) is 11.3 Å². The molecule has 2 aromatic carbocycles. The van der Waals surface area contributed by atoms with Crippen LogP contribution in [0.2, 0.25) is 0 Å². The van der Waals surface area contributed by atoms with E-state index in [2.05, 4.69) is 45.3 Å². The quantitative estimate of drug-likeness (QED) is 0.376. The Labute approximate surface area is 193 Å². The molecule has 0 radical (unpaired) electrons. The highest BCUT2D eigenvalue weighted by molar-refractivity contribution is 9.10. The third kappa shape index (κ3) is 6.54. The lowest BCUT2D eigenvalue weighted by Gasteiger charge is -2.17. The zero-order chi connectivity index (χ0) is 22.4. The molecule has 3 rings (SSSR count). The van der Waals surface area contributed by atoms with Gasteiger partial charge in [-0.1, -0.05) is 37.7 Å². The van der Waals surface area contributed by atoms with Gasteiger partial charge in [0.05, 0.1) is 11.4 Å². The smallest absolute Gasteiger partial charge is 0.234 e. The molecule has 1 amide bonds. The molecule has 6 nitrogen and oxygen atoms in total. The number of anilines is 1. The molecule has 1 unspecified atom stereocenters. The molecule has 31 heavy (non-hydrogen) atoms. The number of hydrogen-bond acceptors (Lipinski definition) is 5. The van der Waals surface area contributed by atoms with E-state index in [1.807, 2.05) is 35.8 Å². The van der Waals surface area contributed by atoms with Crippen molar-refractivity contribution in [2.24, 2.45) is 5.92 Å². The molecule has 0 spiro atoms. The van der Waals surface area contributed by atoms with Gasteiger partial charge in [0.25, 0.3) is 0 Å². The zero-order valence-electron chi connectivity index (χ0n) is 17.5. The second-order valence-electron chi connectivity index (χ2n) is 7.38. The topological polar surface area (TPSA) is 69.0 Å². The number of amides is 1. The number of carbonyl (C=O) groups excluding carboxylic acids is 1. The fourth-order valence-electron chi connectivity index (χ4n) is 2.89. The summed E-state index contributed by atoms with van der Waals surface area (Å²) in [5.41, 5.74) is 0.721. The predicted octanol–water partition coefficient (Wildman–Crippen LogP) is 5.71. The average molecular weight is 507 g/mol. The fraction of sp³-hybridized carbons (Fsp3) is 0.318. The normalized spacial score (nSPS) is 12.1. The second-order valence-corrected chi connectivity index (χ2v) is 9.17. The van der Waals surface area contributed by atoms with Crippen molar-refractivity contribution >= 4 is 39.3 Å². The minimum atomic E-state index is -0.389. The first kappa shape index (κ1) is 23.3. The van der Waals surface area contributed by atoms with Crippen LogP contribution in [0.3, 0.4) is 0 Å². The molecule has 3 aromatic rings. The van der Waals surface area contributed by atoms with Crippen LogP contribution in [0.1, 0.15) is 32.7 Å². The van der Waals surface area contributed by atoms with Crippen LogP contribution in [-0.4, -0.2) is 26.4 Å². The number of para-hydroxylation sites is 1. The van der Waals surface area contributed by atoms with Crippen molar-refractivity contribution in [3.8, 4) is 5.75 Å². The van der Waals surface area contributed by atoms with Gasteiger partial charge < -0.3 is 14.6 Å². The molecule has 164 valence electrons. The number of thioether (sulfide) groups is 1. The standard InChI is InChI=1S/C22H24BrFN4O2S/c1-14(2)12-28-21(15(3)30-17-10-8-16(24)9-11-17)26-27-22(28)31-13-20(29)25-19-7-5-4-6-18(19)23/h4-11,14-15H,12-13H2,1-3H3,(H,25,29). The summed E-state index contributed by atoms with van der Waals surface area (Å²) in [6.45, 7) is 6.76. The Bertz CT molecular complexity index is 1030. The minimum Gasteiger partial charge on any atom is -0.483 e. The molecule has 0 bridgehead atoms. The third-order valence-electron chi connectivity index (χ3n) is 4.26. The number of benzene rings is 2. The number of carbonyl (C=O) groups is 1. The zero-order valence-corrected chi connectivity index (χ0v) is 19.9. The van der Waals surface area contributed by atoms with E-state index in [-0.39, 0.29) is 23.6 Å². The van der Waals surface area contributed by atoms with Gasteiger partial charge in [0, 0.05) is 11.0 Å². The Morgan fingerprint density at radius 2 is 1.87 bits per heavy atom. The lowest BCUT2D eigenvalue weighted by Crippen LogP contribution is -2.17. The van der Waals surface area contributed by atoms with E-state index in [0.717, 1.165) is 10.2 Å². The molecule has 0 fully saturated rings. The van der Waals surface area contributed by atoms with Crippen molar-refractivity contribution in [2.75, 3.05) is 11.1 Å². The molecule has 1 heterocycles. The predicted molar refractivity (Wildman–Crippen MR) is 124 cm³/mol. The first-order chi connectivity index (χ1) is 14.8. The van der Waals surface area contributed by atoms with Gasteiger partial charge in [0.1, 0.15) is 11.6 Å². The van der Waals surface area contributed by atoms with Gasteiger partial charge in [-0.3, -0.25) is 4.79 Å². The van der Waals surface area contributed by atoms with Crippen LogP contribution in [0.25, 0.3) is 0 Å². The molecule has 1 aromatic heterocycles. The Morgan fingerprint density at radius 1 is 1.16 bits per heavy atom. The number of halogens is 2. The average Bonchev–Trinajstić information content (AvgIpc) is 3.12. The highest BCUT2D eigenvalue weighted by atomic mass is 79.9. The third-order valence-corrected chi connectivity index (χ3v) is 5.92. The van der Waals surface area contributed by atoms with E-state index in [1.165, 1.54) is 23.9 Å². The summed E-state index contributed by atoms with van der Waals surface area (Å²) >= 11 is 4.75. The Balaban J connectivity index is 1.70. The van der Waals surface area contributed by atoms with Gasteiger partial charge in [0.15, 0.2) is 17.1 Å². The van der Waals surface area contributed by atoms with Crippen LogP contribution in [0.4, 0.5) is 10.1 Å². The van der Waals surface area contributed by atoms with Gasteiger partial charge in [-0.2, -0.15) is 0 Å². The van der Waals surface area contributed by atoms with Crippen molar-refractivity contribution in [2.45, 2.75) is 38.6 Å². The van der Waals surface area contributed by atoms with Gasteiger partial charge in [-0.05, 0) is 65.2 Å². The molecule has 0 aliphatic carbocycles. The van der Waals surface area contributed by atoms with E-state index in [1.54, 1.807) is 12.1 Å². The van der Waals surface area contributed by atoms with Crippen LogP contribution >= 0.6 is 27.7 Å². The molecule has 0 saturated heterocycles. The van der Waals surface area contributed by atoms with Crippen molar-refractivity contribution in [3.05, 3.63) is 64.6 Å². The first-order valence-electron chi connectivity index (χ1n) is 9.86. The van der Waals surface area contributed by atoms with E-state index in [4.69, 9.17) is 4.74 Å². The van der Waals surface area contributed by atoms with Crippen molar-refractivity contribution in [3.63, 3.8) is 0 Å². The van der Waals surface area contributed by atoms with Crippen LogP contribution in [0.15, 0.2) is 58.2 Å². The number of nitrogens with one attached hydrogen (secondary N) is 1. The van der Waals surface area contributed by atoms with E-state index in [9.17, 15) is 9.18 Å². The molecule has 0 aliphatic heterocycles. The number of hydrogen-bond donors (Lipinski definition) is 1. The summed E-state index contributed by atoms with van der Waals surface area (Å²) in [7, 11) is 0. The van der Waals surface area contributed by atoms with Gasteiger partial charge in [-0.25, -0.2) is 4.39 Å². The van der Waals surface area contributed by atoms with Gasteiger partial charge >= 0.3 is 0 Å². The number of nitrogens with zero attached hydrogens (tertiary/aromatic N) is 3. The number of ether oxygens (including phenoxy) is 1. The summed E-state index contributed by atoms with van der Waals surface area (Å²) in [6.07, 6.45) is -0.389. The lowest BCUT2D eigenvalue weighted by molar-refractivity contribution is -0.113. The van der Waals surface area contributed by atoms with E-state index < -0.39 is 0 Å². The molecule has 1 atom stereocenters. The SMILES string of the molecule is CC(C)Cn1c(SCC(=O)Nc2ccccc2Br)nnc1C(C)Oc1ccc(F)cc1. The van der Waals surface area contributed by atoms with Crippen LogP contribution in [0, 0.1) is 11.7 Å². The monoisotopic (exact) mass is 506 g/mol. The van der Waals surface area contributed by atoms with Crippen LogP contribution in [0.5, 0.6) is 5.75 Å². The number of rotatable bonds is 9. The maximum atomic E-state index is 13.1. The summed E-state index contributed by atoms with van der Waals surface area (Å²) in [6, 6.07) is 13.3. The highest BCUT2D eigenvalue weighted by Crippen LogP contribution is 2.26. The molecule has 1 N–H and O–H groups in total. The summed E-state index contributed by atoms with van der Waals surface area (Å²) in [5.74, 6) is 1.31. The molecule has 0 aliphatic rings. The summed E-state index contributed by atoms with van der Waals surface area (Å²) in [4.78, 5) is 12.4. The summed E-state index contributed by atoms with van der Waals surface area (Å²) in [5, 5.41) is 12.1. The van der Waals surface area contributed by atoms with Crippen molar-refractivity contribution < 1.29 is 13.9 Å². The second kappa shape index (κ2) is 10.8.